The van der Waals surface area contributed by atoms with E-state index in [0.717, 1.165) is 31.4 Å². The number of benzene rings is 1. The molecule has 0 aliphatic heterocycles. The van der Waals surface area contributed by atoms with E-state index in [4.69, 9.17) is 4.74 Å². The molecule has 0 saturated heterocycles. The molecule has 2 nitrogen and oxygen atoms in total. The van der Waals surface area contributed by atoms with Gasteiger partial charge in [0.15, 0.2) is 0 Å². The number of rotatable bonds is 2. The molecule has 15 heavy (non-hydrogen) atoms. The monoisotopic (exact) mass is 318 g/mol. The summed E-state index contributed by atoms with van der Waals surface area (Å²) >= 11 is 2.27. The molecule has 1 fully saturated rings. The molecule has 1 N–H and O–H groups in total. The van der Waals surface area contributed by atoms with Gasteiger partial charge in [-0.15, -0.1) is 0 Å². The summed E-state index contributed by atoms with van der Waals surface area (Å²) in [6.07, 6.45) is 3.83. The molecule has 1 aromatic carbocycles. The van der Waals surface area contributed by atoms with Gasteiger partial charge in [-0.25, -0.2) is 0 Å². The molecule has 0 amide bonds. The van der Waals surface area contributed by atoms with Crippen molar-refractivity contribution in [3.63, 3.8) is 0 Å². The predicted octanol–water partition coefficient (Wildman–Crippen LogP) is 2.97. The van der Waals surface area contributed by atoms with Crippen molar-refractivity contribution in [2.24, 2.45) is 0 Å². The number of aliphatic hydroxyl groups excluding tert-OH is 1. The number of halogens is 1. The Bertz CT molecular complexity index is 310. The van der Waals surface area contributed by atoms with E-state index in [1.54, 1.807) is 0 Å². The molecule has 1 aliphatic rings. The molecule has 2 rings (SSSR count). The van der Waals surface area contributed by atoms with Gasteiger partial charge in [0, 0.05) is 9.99 Å². The lowest BCUT2D eigenvalue weighted by molar-refractivity contribution is 0.0536. The highest BCUT2D eigenvalue weighted by atomic mass is 127. The van der Waals surface area contributed by atoms with Crippen LogP contribution in [-0.4, -0.2) is 17.3 Å². The van der Waals surface area contributed by atoms with E-state index in [1.165, 1.54) is 3.57 Å². The highest BCUT2D eigenvalue weighted by molar-refractivity contribution is 14.1. The summed E-state index contributed by atoms with van der Waals surface area (Å²) in [5.74, 6) is 0.912. The van der Waals surface area contributed by atoms with E-state index < -0.39 is 0 Å². The molecule has 0 spiro atoms. The maximum absolute atomic E-state index is 9.52. The normalized spacial score (nSPS) is 26.3. The Labute approximate surface area is 104 Å². The van der Waals surface area contributed by atoms with Gasteiger partial charge in [0.1, 0.15) is 11.9 Å². The van der Waals surface area contributed by atoms with Gasteiger partial charge in [0.05, 0.1) is 6.10 Å². The third kappa shape index (κ3) is 3.34. The minimum absolute atomic E-state index is 0.174. The van der Waals surface area contributed by atoms with Crippen LogP contribution in [0.25, 0.3) is 0 Å². The molecule has 0 aromatic heterocycles. The first kappa shape index (κ1) is 11.2. The van der Waals surface area contributed by atoms with Crippen molar-refractivity contribution >= 4 is 22.6 Å². The molecular weight excluding hydrogens is 303 g/mol. The number of ether oxygens (including phenoxy) is 1. The Morgan fingerprint density at radius 2 is 1.93 bits per heavy atom. The maximum atomic E-state index is 9.52. The zero-order valence-electron chi connectivity index (χ0n) is 8.53. The molecule has 1 aliphatic carbocycles. The fraction of sp³-hybridized carbons (Fsp3) is 0.500. The molecule has 0 radical (unpaired) electrons. The summed E-state index contributed by atoms with van der Waals surface area (Å²) in [6.45, 7) is 0. The van der Waals surface area contributed by atoms with Crippen molar-refractivity contribution in [2.75, 3.05) is 0 Å². The van der Waals surface area contributed by atoms with E-state index in [9.17, 15) is 5.11 Å². The standard InChI is InChI=1S/C12H15IO2/c13-9-4-6-11(7-5-9)15-12-3-1-2-10(14)8-12/h4-7,10,12,14H,1-3,8H2/t10-,12?/m1/s1. The quantitative estimate of drug-likeness (QED) is 0.850. The lowest BCUT2D eigenvalue weighted by Gasteiger charge is -2.26. The summed E-state index contributed by atoms with van der Waals surface area (Å²) in [5, 5.41) is 9.52. The first-order chi connectivity index (χ1) is 7.24. The van der Waals surface area contributed by atoms with E-state index in [2.05, 4.69) is 22.6 Å². The van der Waals surface area contributed by atoms with Crippen LogP contribution in [0, 0.1) is 3.57 Å². The second-order valence-corrected chi connectivity index (χ2v) is 5.26. The number of aliphatic hydroxyl groups is 1. The lowest BCUT2D eigenvalue weighted by atomic mass is 9.95. The summed E-state index contributed by atoms with van der Waals surface area (Å²) in [7, 11) is 0. The first-order valence-corrected chi connectivity index (χ1v) is 6.42. The number of hydrogen-bond acceptors (Lipinski definition) is 2. The fourth-order valence-corrected chi connectivity index (χ4v) is 2.29. The van der Waals surface area contributed by atoms with Crippen LogP contribution in [0.2, 0.25) is 0 Å². The van der Waals surface area contributed by atoms with Crippen molar-refractivity contribution < 1.29 is 9.84 Å². The number of hydrogen-bond donors (Lipinski definition) is 1. The Kier molecular flexibility index (Phi) is 3.86. The van der Waals surface area contributed by atoms with Gasteiger partial charge in [-0.1, -0.05) is 0 Å². The van der Waals surface area contributed by atoms with E-state index in [1.807, 2.05) is 24.3 Å². The minimum atomic E-state index is -0.174. The molecule has 1 aromatic rings. The maximum Gasteiger partial charge on any atom is 0.119 e. The minimum Gasteiger partial charge on any atom is -0.490 e. The van der Waals surface area contributed by atoms with Crippen LogP contribution in [0.3, 0.4) is 0 Å². The fourth-order valence-electron chi connectivity index (χ4n) is 1.93. The van der Waals surface area contributed by atoms with Crippen LogP contribution >= 0.6 is 22.6 Å². The largest absolute Gasteiger partial charge is 0.490 e. The Balaban J connectivity index is 1.93. The molecular formula is C12H15IO2. The Morgan fingerprint density at radius 1 is 1.20 bits per heavy atom. The second-order valence-electron chi connectivity index (χ2n) is 4.01. The van der Waals surface area contributed by atoms with Gasteiger partial charge >= 0.3 is 0 Å². The zero-order valence-corrected chi connectivity index (χ0v) is 10.7. The van der Waals surface area contributed by atoms with Crippen LogP contribution in [0.4, 0.5) is 0 Å². The van der Waals surface area contributed by atoms with Crippen LogP contribution < -0.4 is 4.74 Å². The van der Waals surface area contributed by atoms with Gasteiger partial charge in [0.25, 0.3) is 0 Å². The SMILES string of the molecule is O[C@@H]1CCCC(Oc2ccc(I)cc2)C1. The van der Waals surface area contributed by atoms with Crippen molar-refractivity contribution in [2.45, 2.75) is 37.9 Å². The predicted molar refractivity (Wildman–Crippen MR) is 68.0 cm³/mol. The average Bonchev–Trinajstić information content (AvgIpc) is 2.22. The van der Waals surface area contributed by atoms with E-state index >= 15 is 0 Å². The molecule has 1 saturated carbocycles. The highest BCUT2D eigenvalue weighted by Gasteiger charge is 2.21. The molecule has 3 heteroatoms. The first-order valence-electron chi connectivity index (χ1n) is 5.34. The third-order valence-corrected chi connectivity index (χ3v) is 3.43. The molecule has 0 heterocycles. The van der Waals surface area contributed by atoms with Gasteiger partial charge in [-0.3, -0.25) is 0 Å². The molecule has 82 valence electrons. The second kappa shape index (κ2) is 5.16. The summed E-state index contributed by atoms with van der Waals surface area (Å²) in [6, 6.07) is 8.05. The van der Waals surface area contributed by atoms with E-state index in [-0.39, 0.29) is 12.2 Å². The average molecular weight is 318 g/mol. The summed E-state index contributed by atoms with van der Waals surface area (Å²) in [4.78, 5) is 0. The van der Waals surface area contributed by atoms with Crippen molar-refractivity contribution in [1.82, 2.24) is 0 Å². The van der Waals surface area contributed by atoms with Crippen LogP contribution in [0.1, 0.15) is 25.7 Å². The van der Waals surface area contributed by atoms with Crippen LogP contribution in [0.15, 0.2) is 24.3 Å². The molecule has 0 bridgehead atoms. The topological polar surface area (TPSA) is 29.5 Å². The highest BCUT2D eigenvalue weighted by Crippen LogP contribution is 2.24. The van der Waals surface area contributed by atoms with Crippen molar-refractivity contribution in [1.29, 1.82) is 0 Å². The Morgan fingerprint density at radius 3 is 2.60 bits per heavy atom. The van der Waals surface area contributed by atoms with Crippen LogP contribution in [-0.2, 0) is 0 Å². The smallest absolute Gasteiger partial charge is 0.119 e. The third-order valence-electron chi connectivity index (χ3n) is 2.71. The van der Waals surface area contributed by atoms with Gasteiger partial charge < -0.3 is 9.84 Å². The van der Waals surface area contributed by atoms with Crippen molar-refractivity contribution in [3.8, 4) is 5.75 Å². The molecule has 2 atom stereocenters. The van der Waals surface area contributed by atoms with Crippen molar-refractivity contribution in [3.05, 3.63) is 27.8 Å². The summed E-state index contributed by atoms with van der Waals surface area (Å²) < 4.78 is 7.03. The Hall–Kier alpha value is -0.290. The van der Waals surface area contributed by atoms with Crippen LogP contribution in [0.5, 0.6) is 5.75 Å². The van der Waals surface area contributed by atoms with Gasteiger partial charge in [0.2, 0.25) is 0 Å². The zero-order chi connectivity index (χ0) is 10.7. The van der Waals surface area contributed by atoms with Gasteiger partial charge in [-0.2, -0.15) is 0 Å². The molecule has 1 unspecified atom stereocenters. The summed E-state index contributed by atoms with van der Waals surface area (Å²) in [5.41, 5.74) is 0. The van der Waals surface area contributed by atoms with Gasteiger partial charge in [-0.05, 0) is 66.1 Å². The lowest BCUT2D eigenvalue weighted by Crippen LogP contribution is -2.28. The van der Waals surface area contributed by atoms with E-state index in [0.29, 0.717) is 0 Å².